The second-order valence-corrected chi connectivity index (χ2v) is 6.39. The zero-order chi connectivity index (χ0) is 20.2. The fraction of sp³-hybridized carbons (Fsp3) is 0.0385. The molecule has 2 N–H and O–H groups in total. The van der Waals surface area contributed by atoms with Crippen LogP contribution in [0.1, 0.15) is 15.9 Å². The van der Waals surface area contributed by atoms with Crippen molar-refractivity contribution in [1.29, 1.82) is 0 Å². The Morgan fingerprint density at radius 1 is 0.552 bits per heavy atom. The minimum absolute atomic E-state index is 0.124. The lowest BCUT2D eigenvalue weighted by atomic mass is 10.1. The Morgan fingerprint density at radius 2 is 0.966 bits per heavy atom. The van der Waals surface area contributed by atoms with E-state index in [4.69, 9.17) is 0 Å². The van der Waals surface area contributed by atoms with Crippen LogP contribution < -0.4 is 10.9 Å². The zero-order valence-corrected chi connectivity index (χ0v) is 16.2. The molecular formula is C26H24N2O. The molecule has 0 aliphatic heterocycles. The Bertz CT molecular complexity index is 935. The predicted molar refractivity (Wildman–Crippen MR) is 119 cm³/mol. The van der Waals surface area contributed by atoms with E-state index in [9.17, 15) is 4.79 Å². The fourth-order valence-electron chi connectivity index (χ4n) is 2.75. The summed E-state index contributed by atoms with van der Waals surface area (Å²) in [5.74, 6) is -0.124. The van der Waals surface area contributed by atoms with Gasteiger partial charge in [-0.15, -0.1) is 0 Å². The molecule has 0 bridgehead atoms. The minimum Gasteiger partial charge on any atom is -0.287 e. The van der Waals surface area contributed by atoms with Crippen LogP contribution in [0.2, 0.25) is 0 Å². The van der Waals surface area contributed by atoms with E-state index in [1.807, 2.05) is 60.7 Å². The monoisotopic (exact) mass is 380 g/mol. The predicted octanol–water partition coefficient (Wildman–Crippen LogP) is 5.47. The van der Waals surface area contributed by atoms with Gasteiger partial charge in [-0.05, 0) is 28.8 Å². The van der Waals surface area contributed by atoms with Gasteiger partial charge in [0.15, 0.2) is 0 Å². The Balaban J connectivity index is 0.000000176. The number of hydrogen-bond donors (Lipinski definition) is 2. The van der Waals surface area contributed by atoms with Crippen LogP contribution in [-0.2, 0) is 6.54 Å². The van der Waals surface area contributed by atoms with Gasteiger partial charge in [0.25, 0.3) is 5.91 Å². The van der Waals surface area contributed by atoms with Crippen LogP contribution >= 0.6 is 0 Å². The molecule has 0 unspecified atom stereocenters. The van der Waals surface area contributed by atoms with Crippen molar-refractivity contribution < 1.29 is 4.79 Å². The molecule has 3 nitrogen and oxygen atoms in total. The number of hydrogen-bond acceptors (Lipinski definition) is 2. The average Bonchev–Trinajstić information content (AvgIpc) is 2.82. The lowest BCUT2D eigenvalue weighted by molar-refractivity contribution is 0.0932. The standard InChI is InChI=1S/C14H14N2O.C12H10/c17-14(13-9-5-2-6-10-13)16-15-11-12-7-3-1-4-8-12;1-3-7-11(8-4-1)12-9-5-2-6-10-12/h1-10,15H,11H2,(H,16,17);1-10H. The van der Waals surface area contributed by atoms with Crippen LogP contribution in [0.3, 0.4) is 0 Å². The van der Waals surface area contributed by atoms with Crippen molar-refractivity contribution >= 4 is 5.91 Å². The molecule has 4 aromatic carbocycles. The molecule has 0 atom stereocenters. The lowest BCUT2D eigenvalue weighted by Crippen LogP contribution is -2.36. The van der Waals surface area contributed by atoms with Crippen LogP contribution in [0.25, 0.3) is 11.1 Å². The van der Waals surface area contributed by atoms with Gasteiger partial charge in [-0.2, -0.15) is 0 Å². The van der Waals surface area contributed by atoms with Gasteiger partial charge >= 0.3 is 0 Å². The first-order chi connectivity index (χ1) is 14.3. The summed E-state index contributed by atoms with van der Waals surface area (Å²) in [6.45, 7) is 0.611. The van der Waals surface area contributed by atoms with Gasteiger partial charge in [-0.1, -0.05) is 109 Å². The lowest BCUT2D eigenvalue weighted by Gasteiger charge is -2.07. The second-order valence-electron chi connectivity index (χ2n) is 6.39. The molecule has 4 aromatic rings. The van der Waals surface area contributed by atoms with Crippen LogP contribution in [-0.4, -0.2) is 5.91 Å². The maximum atomic E-state index is 11.7. The molecular weight excluding hydrogens is 356 g/mol. The molecule has 0 heterocycles. The summed E-state index contributed by atoms with van der Waals surface area (Å²) in [6, 6.07) is 39.8. The van der Waals surface area contributed by atoms with E-state index in [1.54, 1.807) is 12.1 Å². The highest BCUT2D eigenvalue weighted by atomic mass is 16.2. The van der Waals surface area contributed by atoms with Crippen molar-refractivity contribution in [3.63, 3.8) is 0 Å². The van der Waals surface area contributed by atoms with Gasteiger partial charge in [0.2, 0.25) is 0 Å². The molecule has 0 saturated heterocycles. The fourth-order valence-corrected chi connectivity index (χ4v) is 2.75. The number of hydrazine groups is 1. The van der Waals surface area contributed by atoms with Gasteiger partial charge in [-0.25, -0.2) is 5.43 Å². The topological polar surface area (TPSA) is 41.1 Å². The number of carbonyl (C=O) groups is 1. The number of rotatable bonds is 5. The number of amides is 1. The maximum Gasteiger partial charge on any atom is 0.265 e. The highest BCUT2D eigenvalue weighted by molar-refractivity contribution is 5.93. The molecule has 0 saturated carbocycles. The van der Waals surface area contributed by atoms with Crippen LogP contribution in [0.4, 0.5) is 0 Å². The van der Waals surface area contributed by atoms with E-state index in [2.05, 4.69) is 59.4 Å². The van der Waals surface area contributed by atoms with Crippen molar-refractivity contribution in [2.45, 2.75) is 6.54 Å². The summed E-state index contributed by atoms with van der Waals surface area (Å²) in [6.07, 6.45) is 0. The van der Waals surface area contributed by atoms with Crippen molar-refractivity contribution in [2.24, 2.45) is 0 Å². The Labute approximate surface area is 172 Å². The van der Waals surface area contributed by atoms with Gasteiger partial charge in [0.1, 0.15) is 0 Å². The largest absolute Gasteiger partial charge is 0.287 e. The quantitative estimate of drug-likeness (QED) is 0.451. The normalized spacial score (nSPS) is 9.79. The van der Waals surface area contributed by atoms with Crippen molar-refractivity contribution in [2.75, 3.05) is 0 Å². The van der Waals surface area contributed by atoms with E-state index >= 15 is 0 Å². The second kappa shape index (κ2) is 11.2. The molecule has 4 rings (SSSR count). The van der Waals surface area contributed by atoms with Gasteiger partial charge < -0.3 is 0 Å². The summed E-state index contributed by atoms with van der Waals surface area (Å²) < 4.78 is 0. The van der Waals surface area contributed by atoms with Crippen LogP contribution in [0, 0.1) is 0 Å². The molecule has 29 heavy (non-hydrogen) atoms. The molecule has 0 aromatic heterocycles. The van der Waals surface area contributed by atoms with Crippen LogP contribution in [0.5, 0.6) is 0 Å². The number of carbonyl (C=O) groups excluding carboxylic acids is 1. The molecule has 3 heteroatoms. The third-order valence-corrected chi connectivity index (χ3v) is 4.25. The minimum atomic E-state index is -0.124. The number of benzene rings is 4. The number of nitrogens with one attached hydrogen (secondary N) is 2. The highest BCUT2D eigenvalue weighted by Gasteiger charge is 2.02. The van der Waals surface area contributed by atoms with E-state index < -0.39 is 0 Å². The molecule has 1 amide bonds. The summed E-state index contributed by atoms with van der Waals surface area (Å²) in [5, 5.41) is 0. The molecule has 0 spiro atoms. The highest BCUT2D eigenvalue weighted by Crippen LogP contribution is 2.17. The first-order valence-electron chi connectivity index (χ1n) is 9.55. The van der Waals surface area contributed by atoms with Crippen LogP contribution in [0.15, 0.2) is 121 Å². The van der Waals surface area contributed by atoms with Crippen molar-refractivity contribution in [1.82, 2.24) is 10.9 Å². The molecule has 144 valence electrons. The average molecular weight is 380 g/mol. The van der Waals surface area contributed by atoms with E-state index in [0.29, 0.717) is 12.1 Å². The summed E-state index contributed by atoms with van der Waals surface area (Å²) in [5.41, 5.74) is 9.88. The van der Waals surface area contributed by atoms with Gasteiger partial charge in [-0.3, -0.25) is 10.2 Å². The molecule has 0 fully saturated rings. The Morgan fingerprint density at radius 3 is 1.45 bits per heavy atom. The Hall–Kier alpha value is -3.69. The smallest absolute Gasteiger partial charge is 0.265 e. The SMILES string of the molecule is O=C(NNCc1ccccc1)c1ccccc1.c1ccc(-c2ccccc2)cc1. The third kappa shape index (κ3) is 6.76. The zero-order valence-electron chi connectivity index (χ0n) is 16.2. The van der Waals surface area contributed by atoms with E-state index in [-0.39, 0.29) is 5.91 Å². The van der Waals surface area contributed by atoms with Gasteiger partial charge in [0, 0.05) is 12.1 Å². The first-order valence-corrected chi connectivity index (χ1v) is 9.55. The summed E-state index contributed by atoms with van der Waals surface area (Å²) >= 11 is 0. The Kier molecular flexibility index (Phi) is 7.76. The summed E-state index contributed by atoms with van der Waals surface area (Å²) in [7, 11) is 0. The molecule has 0 aliphatic carbocycles. The molecule has 0 radical (unpaired) electrons. The first kappa shape index (κ1) is 20.1. The third-order valence-electron chi connectivity index (χ3n) is 4.25. The van der Waals surface area contributed by atoms with E-state index in [0.717, 1.165) is 5.56 Å². The van der Waals surface area contributed by atoms with Crippen molar-refractivity contribution in [3.05, 3.63) is 132 Å². The van der Waals surface area contributed by atoms with E-state index in [1.165, 1.54) is 11.1 Å². The molecule has 0 aliphatic rings. The summed E-state index contributed by atoms with van der Waals surface area (Å²) in [4.78, 5) is 11.7. The van der Waals surface area contributed by atoms with Crippen molar-refractivity contribution in [3.8, 4) is 11.1 Å². The maximum absolute atomic E-state index is 11.7. The van der Waals surface area contributed by atoms with Gasteiger partial charge in [0.05, 0.1) is 0 Å².